The number of thioether (sulfide) groups is 1. The Bertz CT molecular complexity index is 863. The van der Waals surface area contributed by atoms with Crippen LogP contribution in [0.4, 0.5) is 0 Å². The van der Waals surface area contributed by atoms with Gasteiger partial charge in [-0.2, -0.15) is 0 Å². The summed E-state index contributed by atoms with van der Waals surface area (Å²) >= 11 is 1.65. The van der Waals surface area contributed by atoms with E-state index in [1.54, 1.807) is 27.6 Å². The molecule has 3 heterocycles. The molecule has 0 radical (unpaired) electrons. The molecule has 208 valence electrons. The monoisotopic (exact) mass is 534 g/mol. The van der Waals surface area contributed by atoms with E-state index in [9.17, 15) is 19.5 Å². The third kappa shape index (κ3) is 5.38. The first-order valence-corrected chi connectivity index (χ1v) is 14.9. The minimum absolute atomic E-state index is 0.0443. The molecule has 3 aliphatic rings. The van der Waals surface area contributed by atoms with Crippen LogP contribution in [0.5, 0.6) is 0 Å². The first-order chi connectivity index (χ1) is 17.7. The van der Waals surface area contributed by atoms with Gasteiger partial charge in [0.15, 0.2) is 0 Å². The number of ether oxygens (including phenoxy) is 1. The van der Waals surface area contributed by atoms with Crippen molar-refractivity contribution in [2.45, 2.75) is 88.3 Å². The van der Waals surface area contributed by atoms with Crippen molar-refractivity contribution in [2.24, 2.45) is 23.7 Å². The molecule has 2 bridgehead atoms. The normalized spacial score (nSPS) is 30.9. The Balaban J connectivity index is 2.00. The van der Waals surface area contributed by atoms with Gasteiger partial charge in [-0.3, -0.25) is 14.4 Å². The van der Waals surface area contributed by atoms with Gasteiger partial charge in [-0.15, -0.1) is 24.9 Å². The second-order valence-electron chi connectivity index (χ2n) is 11.2. The molecule has 3 unspecified atom stereocenters. The fourth-order valence-electron chi connectivity index (χ4n) is 6.61. The number of nitrogens with zero attached hydrogens (tertiary/aromatic N) is 2. The summed E-state index contributed by atoms with van der Waals surface area (Å²) in [5, 5.41) is 10.3. The van der Waals surface area contributed by atoms with E-state index in [1.165, 1.54) is 0 Å². The van der Waals surface area contributed by atoms with E-state index in [1.807, 2.05) is 19.9 Å². The van der Waals surface area contributed by atoms with Gasteiger partial charge >= 0.3 is 5.97 Å². The first-order valence-electron chi connectivity index (χ1n) is 14.0. The van der Waals surface area contributed by atoms with Gasteiger partial charge in [0.2, 0.25) is 11.8 Å². The van der Waals surface area contributed by atoms with Crippen LogP contribution in [0.1, 0.15) is 66.2 Å². The van der Waals surface area contributed by atoms with Crippen LogP contribution in [0.15, 0.2) is 25.3 Å². The molecule has 0 saturated carbocycles. The number of carbonyl (C=O) groups excluding carboxylic acids is 3. The molecular formula is C29H46N2O5S. The number of aliphatic hydroxyl groups excluding tert-OH is 1. The van der Waals surface area contributed by atoms with Crippen LogP contribution in [-0.4, -0.2) is 81.1 Å². The number of amides is 2. The number of esters is 1. The average molecular weight is 535 g/mol. The molecule has 2 amide bonds. The molecule has 1 spiro atoms. The molecular weight excluding hydrogens is 488 g/mol. The van der Waals surface area contributed by atoms with Crippen LogP contribution in [0.2, 0.25) is 0 Å². The fraction of sp³-hybridized carbons (Fsp3) is 0.759. The van der Waals surface area contributed by atoms with E-state index in [0.717, 1.165) is 38.5 Å². The van der Waals surface area contributed by atoms with E-state index in [-0.39, 0.29) is 41.5 Å². The lowest BCUT2D eigenvalue weighted by Gasteiger charge is -2.42. The molecule has 0 aromatic rings. The van der Waals surface area contributed by atoms with Crippen molar-refractivity contribution in [3.8, 4) is 0 Å². The molecule has 3 saturated heterocycles. The smallest absolute Gasteiger partial charge is 0.310 e. The van der Waals surface area contributed by atoms with Crippen molar-refractivity contribution in [3.05, 3.63) is 25.3 Å². The Morgan fingerprint density at radius 2 is 2.00 bits per heavy atom. The number of aliphatic hydroxyl groups is 1. The lowest BCUT2D eigenvalue weighted by atomic mass is 9.66. The topological polar surface area (TPSA) is 87.2 Å². The minimum Gasteiger partial charge on any atom is -0.465 e. The molecule has 1 N–H and O–H groups in total. The highest BCUT2D eigenvalue weighted by Gasteiger charge is 2.77. The molecule has 37 heavy (non-hydrogen) atoms. The number of carbonyl (C=O) groups is 3. The van der Waals surface area contributed by atoms with E-state index in [0.29, 0.717) is 19.7 Å². The number of hydrogen-bond donors (Lipinski definition) is 1. The zero-order chi connectivity index (χ0) is 27.3. The predicted octanol–water partition coefficient (Wildman–Crippen LogP) is 4.05. The van der Waals surface area contributed by atoms with E-state index >= 15 is 0 Å². The molecule has 8 heteroatoms. The molecule has 0 aromatic heterocycles. The third-order valence-electron chi connectivity index (χ3n) is 8.49. The van der Waals surface area contributed by atoms with Gasteiger partial charge in [-0.05, 0) is 43.9 Å². The summed E-state index contributed by atoms with van der Waals surface area (Å²) in [6.45, 7) is 16.8. The Labute approximate surface area is 227 Å². The van der Waals surface area contributed by atoms with Crippen LogP contribution >= 0.6 is 11.8 Å². The maximum Gasteiger partial charge on any atom is 0.310 e. The zero-order valence-electron chi connectivity index (χ0n) is 23.1. The van der Waals surface area contributed by atoms with Crippen molar-refractivity contribution in [1.29, 1.82) is 0 Å². The third-order valence-corrected chi connectivity index (χ3v) is 10.6. The Hall–Kier alpha value is -1.80. The van der Waals surface area contributed by atoms with Gasteiger partial charge in [0, 0.05) is 18.3 Å². The minimum atomic E-state index is -0.725. The second-order valence-corrected chi connectivity index (χ2v) is 12.7. The Morgan fingerprint density at radius 1 is 1.27 bits per heavy atom. The van der Waals surface area contributed by atoms with Gasteiger partial charge in [-0.1, -0.05) is 46.3 Å². The molecule has 0 aromatic carbocycles. The number of rotatable bonds is 15. The van der Waals surface area contributed by atoms with Crippen LogP contribution in [0.3, 0.4) is 0 Å². The largest absolute Gasteiger partial charge is 0.465 e. The molecule has 3 aliphatic heterocycles. The first kappa shape index (κ1) is 29.8. The summed E-state index contributed by atoms with van der Waals surface area (Å²) in [5.41, 5.74) is 0. The highest BCUT2D eigenvalue weighted by Crippen LogP contribution is 2.69. The van der Waals surface area contributed by atoms with Crippen molar-refractivity contribution in [2.75, 3.05) is 26.3 Å². The van der Waals surface area contributed by atoms with E-state index in [2.05, 4.69) is 27.0 Å². The number of likely N-dealkylation sites (tertiary alicyclic amines) is 1. The van der Waals surface area contributed by atoms with Crippen molar-refractivity contribution < 1.29 is 24.2 Å². The summed E-state index contributed by atoms with van der Waals surface area (Å²) < 4.78 is 4.99. The van der Waals surface area contributed by atoms with E-state index < -0.39 is 28.7 Å². The summed E-state index contributed by atoms with van der Waals surface area (Å²) in [6.07, 6.45) is 8.68. The SMILES string of the molecule is C=CCCCCOC(=O)[C@@H]1[C@@H]2CC(C)C3(S2)C(C(=O)N(CC=C)CCCC)N([C@@H](CO)C(C)C)C(=O)[C@H]13. The highest BCUT2D eigenvalue weighted by atomic mass is 32.2. The van der Waals surface area contributed by atoms with Gasteiger partial charge < -0.3 is 19.6 Å². The highest BCUT2D eigenvalue weighted by molar-refractivity contribution is 8.02. The maximum absolute atomic E-state index is 14.3. The van der Waals surface area contributed by atoms with Crippen molar-refractivity contribution in [3.63, 3.8) is 0 Å². The molecule has 3 rings (SSSR count). The summed E-state index contributed by atoms with van der Waals surface area (Å²) in [7, 11) is 0. The van der Waals surface area contributed by atoms with Gasteiger partial charge in [0.1, 0.15) is 6.04 Å². The second kappa shape index (κ2) is 12.8. The summed E-state index contributed by atoms with van der Waals surface area (Å²) in [4.78, 5) is 45.5. The molecule has 7 atom stereocenters. The van der Waals surface area contributed by atoms with Crippen LogP contribution in [0, 0.1) is 23.7 Å². The summed E-state index contributed by atoms with van der Waals surface area (Å²) in [5.74, 6) is -1.76. The quantitative estimate of drug-likeness (QED) is 0.194. The average Bonchev–Trinajstić information content (AvgIpc) is 3.45. The summed E-state index contributed by atoms with van der Waals surface area (Å²) in [6, 6.07) is -1.22. The van der Waals surface area contributed by atoms with Gasteiger partial charge in [-0.25, -0.2) is 0 Å². The number of fused-ring (bicyclic) bond motifs is 1. The van der Waals surface area contributed by atoms with Crippen LogP contribution < -0.4 is 0 Å². The predicted molar refractivity (Wildman–Crippen MR) is 148 cm³/mol. The number of allylic oxidation sites excluding steroid dienone is 1. The molecule has 7 nitrogen and oxygen atoms in total. The Morgan fingerprint density at radius 3 is 2.59 bits per heavy atom. The standard InChI is InChI=1S/C29H46N2O5S/c1-7-10-12-13-16-36-28(35)23-22-17-20(6)29(37-22)24(23)26(33)31(21(18-32)19(4)5)25(29)27(34)30(14-9-3)15-11-8-2/h7,9,19-25,32H,1,3,8,10-18H2,2,4-6H3/t20?,21-,22-,23+,24-,25?,29?/m0/s1. The number of hydrogen-bond acceptors (Lipinski definition) is 6. The van der Waals surface area contributed by atoms with Crippen molar-refractivity contribution >= 4 is 29.5 Å². The molecule has 3 fully saturated rings. The van der Waals surface area contributed by atoms with Crippen molar-refractivity contribution in [1.82, 2.24) is 9.80 Å². The lowest BCUT2D eigenvalue weighted by Crippen LogP contribution is -2.60. The van der Waals surface area contributed by atoms with Gasteiger partial charge in [0.25, 0.3) is 0 Å². The van der Waals surface area contributed by atoms with Crippen LogP contribution in [-0.2, 0) is 19.1 Å². The van der Waals surface area contributed by atoms with Crippen LogP contribution in [0.25, 0.3) is 0 Å². The zero-order valence-corrected chi connectivity index (χ0v) is 23.9. The van der Waals surface area contributed by atoms with E-state index in [4.69, 9.17) is 4.74 Å². The maximum atomic E-state index is 14.3. The lowest BCUT2D eigenvalue weighted by molar-refractivity contribution is -0.155. The molecule has 0 aliphatic carbocycles. The fourth-order valence-corrected chi connectivity index (χ4v) is 9.00. The van der Waals surface area contributed by atoms with Gasteiger partial charge in [0.05, 0.1) is 35.8 Å². The number of unbranched alkanes of at least 4 members (excludes halogenated alkanes) is 3. The Kier molecular flexibility index (Phi) is 10.3.